The minimum atomic E-state index is -0.488. The zero-order valence-corrected chi connectivity index (χ0v) is 13.1. The van der Waals surface area contributed by atoms with E-state index >= 15 is 0 Å². The number of methoxy groups -OCH3 is 1. The number of halogens is 1. The molecule has 0 saturated heterocycles. The molecule has 0 atom stereocenters. The largest absolute Gasteiger partial charge is 0.465 e. The first-order valence-electron chi connectivity index (χ1n) is 6.13. The van der Waals surface area contributed by atoms with Crippen molar-refractivity contribution in [2.24, 2.45) is 0 Å². The molecule has 1 aromatic heterocycles. The lowest BCUT2D eigenvalue weighted by Gasteiger charge is -2.07. The van der Waals surface area contributed by atoms with Crippen LogP contribution in [0.1, 0.15) is 26.4 Å². The Hall–Kier alpha value is -2.21. The minimum absolute atomic E-state index is 0.225. The van der Waals surface area contributed by atoms with Gasteiger partial charge in [0, 0.05) is 16.4 Å². The molecule has 0 spiro atoms. The van der Waals surface area contributed by atoms with Gasteiger partial charge in [0.1, 0.15) is 5.69 Å². The molecule has 5 nitrogen and oxygen atoms in total. The summed E-state index contributed by atoms with van der Waals surface area (Å²) >= 11 is 3.40. The molecule has 1 amide bonds. The summed E-state index contributed by atoms with van der Waals surface area (Å²) in [7, 11) is 1.29. The molecule has 0 saturated carbocycles. The average Bonchev–Trinajstić information content (AvgIpc) is 2.50. The molecule has 0 bridgehead atoms. The number of amides is 1. The number of esters is 1. The highest BCUT2D eigenvalue weighted by molar-refractivity contribution is 9.10. The number of rotatable bonds is 3. The minimum Gasteiger partial charge on any atom is -0.465 e. The molecule has 2 rings (SSSR count). The highest BCUT2D eigenvalue weighted by Crippen LogP contribution is 2.20. The molecule has 108 valence electrons. The molecule has 0 unspecified atom stereocenters. The molecule has 1 aromatic carbocycles. The van der Waals surface area contributed by atoms with E-state index in [1.807, 2.05) is 19.1 Å². The fourth-order valence-electron chi connectivity index (χ4n) is 1.68. The highest BCUT2D eigenvalue weighted by atomic mass is 79.9. The smallest absolute Gasteiger partial charge is 0.339 e. The molecular weight excluding hydrogens is 336 g/mol. The van der Waals surface area contributed by atoms with Crippen LogP contribution in [0.4, 0.5) is 5.69 Å². The first-order chi connectivity index (χ1) is 10.0. The number of anilines is 1. The summed E-state index contributed by atoms with van der Waals surface area (Å²) in [6.45, 7) is 1.93. The third-order valence-corrected chi connectivity index (χ3v) is 3.72. The molecule has 0 aliphatic rings. The van der Waals surface area contributed by atoms with E-state index in [1.165, 1.54) is 25.4 Å². The van der Waals surface area contributed by atoms with Crippen LogP contribution < -0.4 is 5.32 Å². The van der Waals surface area contributed by atoms with Gasteiger partial charge in [-0.05, 0) is 42.8 Å². The van der Waals surface area contributed by atoms with Crippen LogP contribution in [0.25, 0.3) is 0 Å². The summed E-state index contributed by atoms with van der Waals surface area (Å²) in [5, 5.41) is 2.75. The second-order valence-corrected chi connectivity index (χ2v) is 5.20. The van der Waals surface area contributed by atoms with Gasteiger partial charge in [0.05, 0.1) is 12.7 Å². The topological polar surface area (TPSA) is 68.3 Å². The maximum absolute atomic E-state index is 12.1. The summed E-state index contributed by atoms with van der Waals surface area (Å²) in [6, 6.07) is 8.48. The molecule has 1 heterocycles. The standard InChI is InChI=1S/C15H13BrN2O3/c1-9-7-11(4-5-12(9)16)18-14(19)13-6-3-10(8-17-13)15(20)21-2/h3-8H,1-2H3,(H,18,19). The van der Waals surface area contributed by atoms with Crippen molar-refractivity contribution in [3.05, 3.63) is 57.8 Å². The van der Waals surface area contributed by atoms with Crippen LogP contribution in [-0.2, 0) is 4.74 Å². The van der Waals surface area contributed by atoms with Crippen molar-refractivity contribution < 1.29 is 14.3 Å². The fourth-order valence-corrected chi connectivity index (χ4v) is 1.93. The SMILES string of the molecule is COC(=O)c1ccc(C(=O)Nc2ccc(Br)c(C)c2)nc1. The fraction of sp³-hybridized carbons (Fsp3) is 0.133. The Bertz CT molecular complexity index is 684. The van der Waals surface area contributed by atoms with Crippen LogP contribution in [0.5, 0.6) is 0 Å². The molecule has 0 radical (unpaired) electrons. The van der Waals surface area contributed by atoms with Gasteiger partial charge in [-0.1, -0.05) is 15.9 Å². The van der Waals surface area contributed by atoms with E-state index in [1.54, 1.807) is 6.07 Å². The van der Waals surface area contributed by atoms with Crippen LogP contribution in [0.3, 0.4) is 0 Å². The Kier molecular flexibility index (Phi) is 4.70. The number of pyridine rings is 1. The Morgan fingerprint density at radius 2 is 2.00 bits per heavy atom. The molecular formula is C15H13BrN2O3. The third kappa shape index (κ3) is 3.66. The quantitative estimate of drug-likeness (QED) is 0.865. The number of carbonyl (C=O) groups excluding carboxylic acids is 2. The monoisotopic (exact) mass is 348 g/mol. The molecule has 21 heavy (non-hydrogen) atoms. The number of aryl methyl sites for hydroxylation is 1. The van der Waals surface area contributed by atoms with Gasteiger partial charge < -0.3 is 10.1 Å². The third-order valence-electron chi connectivity index (χ3n) is 2.83. The van der Waals surface area contributed by atoms with E-state index in [0.29, 0.717) is 11.3 Å². The molecule has 0 fully saturated rings. The van der Waals surface area contributed by atoms with Crippen molar-refractivity contribution in [2.45, 2.75) is 6.92 Å². The lowest BCUT2D eigenvalue weighted by Crippen LogP contribution is -2.14. The lowest BCUT2D eigenvalue weighted by molar-refractivity contribution is 0.0600. The highest BCUT2D eigenvalue weighted by Gasteiger charge is 2.11. The number of carbonyl (C=O) groups is 2. The van der Waals surface area contributed by atoms with E-state index in [2.05, 4.69) is 31.0 Å². The summed E-state index contributed by atoms with van der Waals surface area (Å²) in [5.74, 6) is -0.828. The van der Waals surface area contributed by atoms with Crippen LogP contribution in [0.2, 0.25) is 0 Å². The summed E-state index contributed by atoms with van der Waals surface area (Å²) in [5.41, 5.74) is 2.22. The van der Waals surface area contributed by atoms with Crippen LogP contribution >= 0.6 is 15.9 Å². The summed E-state index contributed by atoms with van der Waals surface area (Å²) < 4.78 is 5.55. The van der Waals surface area contributed by atoms with E-state index < -0.39 is 5.97 Å². The Labute approximate surface area is 130 Å². The van der Waals surface area contributed by atoms with E-state index in [-0.39, 0.29) is 11.6 Å². The van der Waals surface area contributed by atoms with Crippen molar-refractivity contribution in [3.8, 4) is 0 Å². The van der Waals surface area contributed by atoms with Crippen molar-refractivity contribution in [1.29, 1.82) is 0 Å². The second-order valence-electron chi connectivity index (χ2n) is 4.34. The predicted octanol–water partition coefficient (Wildman–Crippen LogP) is 3.19. The van der Waals surface area contributed by atoms with Crippen LogP contribution in [0, 0.1) is 6.92 Å². The molecule has 0 aliphatic heterocycles. The predicted molar refractivity (Wildman–Crippen MR) is 82.4 cm³/mol. The van der Waals surface area contributed by atoms with Crippen molar-refractivity contribution in [3.63, 3.8) is 0 Å². The molecule has 6 heteroatoms. The zero-order chi connectivity index (χ0) is 15.4. The van der Waals surface area contributed by atoms with Gasteiger partial charge in [-0.2, -0.15) is 0 Å². The van der Waals surface area contributed by atoms with E-state index in [0.717, 1.165) is 10.0 Å². The van der Waals surface area contributed by atoms with Crippen molar-refractivity contribution in [2.75, 3.05) is 12.4 Å². The summed E-state index contributed by atoms with van der Waals surface area (Å²) in [4.78, 5) is 27.3. The van der Waals surface area contributed by atoms with Gasteiger partial charge in [-0.3, -0.25) is 9.78 Å². The van der Waals surface area contributed by atoms with Gasteiger partial charge in [0.2, 0.25) is 0 Å². The first-order valence-corrected chi connectivity index (χ1v) is 6.92. The molecule has 1 N–H and O–H groups in total. The molecule has 2 aromatic rings. The van der Waals surface area contributed by atoms with Crippen molar-refractivity contribution in [1.82, 2.24) is 4.98 Å². The lowest BCUT2D eigenvalue weighted by atomic mass is 10.2. The van der Waals surface area contributed by atoms with Gasteiger partial charge in [-0.25, -0.2) is 4.79 Å². The van der Waals surface area contributed by atoms with Crippen LogP contribution in [-0.4, -0.2) is 24.0 Å². The number of hydrogen-bond acceptors (Lipinski definition) is 4. The maximum Gasteiger partial charge on any atom is 0.339 e. The second kappa shape index (κ2) is 6.49. The Morgan fingerprint density at radius 3 is 2.57 bits per heavy atom. The average molecular weight is 349 g/mol. The van der Waals surface area contributed by atoms with Gasteiger partial charge in [-0.15, -0.1) is 0 Å². The number of nitrogens with one attached hydrogen (secondary N) is 1. The zero-order valence-electron chi connectivity index (χ0n) is 11.5. The normalized spacial score (nSPS) is 10.0. The maximum atomic E-state index is 12.1. The Balaban J connectivity index is 2.13. The number of aromatic nitrogens is 1. The van der Waals surface area contributed by atoms with Crippen molar-refractivity contribution >= 4 is 33.5 Å². The number of benzene rings is 1. The number of nitrogens with zero attached hydrogens (tertiary/aromatic N) is 1. The van der Waals surface area contributed by atoms with Gasteiger partial charge >= 0.3 is 5.97 Å². The van der Waals surface area contributed by atoms with Gasteiger partial charge in [0.15, 0.2) is 0 Å². The first kappa shape index (κ1) is 15.2. The Morgan fingerprint density at radius 1 is 1.24 bits per heavy atom. The van der Waals surface area contributed by atoms with Crippen LogP contribution in [0.15, 0.2) is 41.0 Å². The van der Waals surface area contributed by atoms with Gasteiger partial charge in [0.25, 0.3) is 5.91 Å². The number of ether oxygens (including phenoxy) is 1. The van der Waals surface area contributed by atoms with E-state index in [9.17, 15) is 9.59 Å². The van der Waals surface area contributed by atoms with E-state index in [4.69, 9.17) is 0 Å². The summed E-state index contributed by atoms with van der Waals surface area (Å²) in [6.07, 6.45) is 1.31. The molecule has 0 aliphatic carbocycles. The number of hydrogen-bond donors (Lipinski definition) is 1.